The van der Waals surface area contributed by atoms with Crippen molar-refractivity contribution in [1.29, 1.82) is 0 Å². The molecule has 2 N–H and O–H groups in total. The van der Waals surface area contributed by atoms with Crippen molar-refractivity contribution >= 4 is 29.3 Å². The van der Waals surface area contributed by atoms with Gasteiger partial charge in [0.1, 0.15) is 11.9 Å². The fraction of sp³-hybridized carbons (Fsp3) is 0.167. The maximum atomic E-state index is 10.9. The molecule has 0 aliphatic carbocycles. The molecule has 0 unspecified atom stereocenters. The number of aliphatic imine (C=N–C) groups is 1. The van der Waals surface area contributed by atoms with Crippen LogP contribution in [0.2, 0.25) is 0 Å². The van der Waals surface area contributed by atoms with Gasteiger partial charge in [0, 0.05) is 11.5 Å². The Morgan fingerprint density at radius 2 is 2.33 bits per heavy atom. The van der Waals surface area contributed by atoms with E-state index in [2.05, 4.69) is 20.6 Å². The summed E-state index contributed by atoms with van der Waals surface area (Å²) in [5.74, 6) is 0.453. The minimum atomic E-state index is -0.562. The molecule has 1 heterocycles. The van der Waals surface area contributed by atoms with Crippen LogP contribution in [0.15, 0.2) is 39.7 Å². The number of nitrogens with one attached hydrogen (secondary N) is 2. The van der Waals surface area contributed by atoms with Gasteiger partial charge in [-0.3, -0.25) is 5.43 Å². The molecule has 6 heteroatoms. The number of ether oxygens (including phenoxy) is 1. The number of nitrogens with zero attached hydrogens (tertiary/aromatic N) is 1. The van der Waals surface area contributed by atoms with Gasteiger partial charge in [-0.25, -0.2) is 15.2 Å². The minimum Gasteiger partial charge on any atom is -0.449 e. The highest BCUT2D eigenvalue weighted by Gasteiger charge is 2.00. The number of para-hydroxylation sites is 1. The average Bonchev–Trinajstić information content (AvgIpc) is 2.77. The van der Waals surface area contributed by atoms with Crippen molar-refractivity contribution in [3.63, 3.8) is 0 Å². The van der Waals surface area contributed by atoms with Crippen molar-refractivity contribution in [2.75, 3.05) is 6.61 Å². The Morgan fingerprint density at radius 3 is 3.11 bits per heavy atom. The summed E-state index contributed by atoms with van der Waals surface area (Å²) in [5, 5.41) is 0.975. The molecule has 0 radical (unpaired) electrons. The number of hydrazine groups is 1. The molecule has 94 valence electrons. The predicted octanol–water partition coefficient (Wildman–Crippen LogP) is 2.34. The summed E-state index contributed by atoms with van der Waals surface area (Å²) in [4.78, 5) is 14.9. The molecule has 2 rings (SSSR count). The van der Waals surface area contributed by atoms with E-state index in [1.54, 1.807) is 13.0 Å². The van der Waals surface area contributed by atoms with E-state index < -0.39 is 6.09 Å². The molecule has 0 aliphatic heterocycles. The Balaban J connectivity index is 1.91. The van der Waals surface area contributed by atoms with Gasteiger partial charge in [0.05, 0.1) is 6.61 Å². The Labute approximate surface area is 104 Å². The molecule has 2 aromatic rings. The summed E-state index contributed by atoms with van der Waals surface area (Å²) in [6, 6.07) is 9.41. The number of hydrogen-bond acceptors (Lipinski definition) is 4. The zero-order valence-corrected chi connectivity index (χ0v) is 9.84. The van der Waals surface area contributed by atoms with Crippen LogP contribution < -0.4 is 10.9 Å². The van der Waals surface area contributed by atoms with E-state index in [9.17, 15) is 4.79 Å². The van der Waals surface area contributed by atoms with Crippen molar-refractivity contribution in [1.82, 2.24) is 10.9 Å². The Kier molecular flexibility index (Phi) is 3.80. The maximum Gasteiger partial charge on any atom is 0.425 e. The summed E-state index contributed by atoms with van der Waals surface area (Å²) in [6.45, 7) is 2.04. The highest BCUT2D eigenvalue weighted by molar-refractivity contribution is 5.81. The SMILES string of the molecule is CCOC(=O)NN/C=N/c1cc2ccccc2o1. The highest BCUT2D eigenvalue weighted by Crippen LogP contribution is 2.24. The Bertz CT molecular complexity index is 529. The van der Waals surface area contributed by atoms with E-state index in [4.69, 9.17) is 4.42 Å². The molecule has 0 fully saturated rings. The third-order valence-corrected chi connectivity index (χ3v) is 2.12. The van der Waals surface area contributed by atoms with Crippen LogP contribution in [0.4, 0.5) is 10.7 Å². The Hall–Kier alpha value is -2.50. The van der Waals surface area contributed by atoms with Crippen LogP contribution in [0, 0.1) is 0 Å². The first-order valence-electron chi connectivity index (χ1n) is 5.49. The first-order valence-corrected chi connectivity index (χ1v) is 5.49. The standard InChI is InChI=1S/C12H13N3O3/c1-2-17-12(16)15-14-8-13-11-7-9-5-3-4-6-10(9)18-11/h3-8H,2H2,1H3,(H,13,14)(H,15,16). The molecule has 0 bridgehead atoms. The van der Waals surface area contributed by atoms with E-state index >= 15 is 0 Å². The van der Waals surface area contributed by atoms with E-state index in [1.807, 2.05) is 24.3 Å². The first kappa shape index (κ1) is 12.0. The smallest absolute Gasteiger partial charge is 0.425 e. The normalized spacial score (nSPS) is 10.7. The van der Waals surface area contributed by atoms with Gasteiger partial charge in [0.15, 0.2) is 0 Å². The summed E-state index contributed by atoms with van der Waals surface area (Å²) in [6.07, 6.45) is 0.753. The lowest BCUT2D eigenvalue weighted by atomic mass is 10.3. The van der Waals surface area contributed by atoms with E-state index in [0.29, 0.717) is 12.5 Å². The number of carbonyl (C=O) groups is 1. The second-order valence-corrected chi connectivity index (χ2v) is 3.37. The van der Waals surface area contributed by atoms with Gasteiger partial charge < -0.3 is 9.15 Å². The fourth-order valence-electron chi connectivity index (χ4n) is 1.39. The van der Waals surface area contributed by atoms with Crippen molar-refractivity contribution in [3.8, 4) is 0 Å². The average molecular weight is 247 g/mol. The molecule has 1 amide bonds. The third-order valence-electron chi connectivity index (χ3n) is 2.12. The molecule has 0 saturated heterocycles. The molecule has 0 aliphatic rings. The van der Waals surface area contributed by atoms with Crippen molar-refractivity contribution in [3.05, 3.63) is 30.3 Å². The second-order valence-electron chi connectivity index (χ2n) is 3.37. The zero-order chi connectivity index (χ0) is 12.8. The van der Waals surface area contributed by atoms with E-state index in [1.165, 1.54) is 6.34 Å². The van der Waals surface area contributed by atoms with Crippen molar-refractivity contribution in [2.24, 2.45) is 4.99 Å². The molecule has 0 saturated carbocycles. The molecule has 0 spiro atoms. The first-order chi connectivity index (χ1) is 8.79. The van der Waals surface area contributed by atoms with Crippen LogP contribution in [-0.2, 0) is 4.74 Å². The topological polar surface area (TPSA) is 75.9 Å². The molecule has 6 nitrogen and oxygen atoms in total. The summed E-state index contributed by atoms with van der Waals surface area (Å²) >= 11 is 0. The van der Waals surface area contributed by atoms with Crippen LogP contribution in [0.5, 0.6) is 0 Å². The van der Waals surface area contributed by atoms with Crippen LogP contribution in [0.25, 0.3) is 11.0 Å². The monoisotopic (exact) mass is 247 g/mol. The molecule has 18 heavy (non-hydrogen) atoms. The van der Waals surface area contributed by atoms with Gasteiger partial charge in [-0.05, 0) is 13.0 Å². The van der Waals surface area contributed by atoms with Gasteiger partial charge in [0.25, 0.3) is 0 Å². The Morgan fingerprint density at radius 1 is 1.50 bits per heavy atom. The number of amides is 1. The quantitative estimate of drug-likeness (QED) is 0.494. The number of carbonyl (C=O) groups excluding carboxylic acids is 1. The number of hydrogen-bond donors (Lipinski definition) is 2. The highest BCUT2D eigenvalue weighted by atomic mass is 16.5. The maximum absolute atomic E-state index is 10.9. The zero-order valence-electron chi connectivity index (χ0n) is 9.84. The lowest BCUT2D eigenvalue weighted by molar-refractivity contribution is 0.150. The predicted molar refractivity (Wildman–Crippen MR) is 67.7 cm³/mol. The molecular weight excluding hydrogens is 234 g/mol. The third kappa shape index (κ3) is 3.00. The van der Waals surface area contributed by atoms with Gasteiger partial charge in [-0.2, -0.15) is 0 Å². The lowest BCUT2D eigenvalue weighted by Gasteiger charge is -2.02. The second kappa shape index (κ2) is 5.72. The van der Waals surface area contributed by atoms with Crippen molar-refractivity contribution < 1.29 is 13.9 Å². The largest absolute Gasteiger partial charge is 0.449 e. The van der Waals surface area contributed by atoms with Gasteiger partial charge in [-0.1, -0.05) is 18.2 Å². The summed E-state index contributed by atoms with van der Waals surface area (Å²) < 4.78 is 10.1. The summed E-state index contributed by atoms with van der Waals surface area (Å²) in [5.41, 5.74) is 5.54. The number of rotatable bonds is 4. The fourth-order valence-corrected chi connectivity index (χ4v) is 1.39. The van der Waals surface area contributed by atoms with Crippen LogP contribution >= 0.6 is 0 Å². The van der Waals surface area contributed by atoms with Crippen molar-refractivity contribution in [2.45, 2.75) is 6.92 Å². The molecule has 0 atom stereocenters. The van der Waals surface area contributed by atoms with Crippen LogP contribution in [0.1, 0.15) is 6.92 Å². The molecular formula is C12H13N3O3. The minimum absolute atomic E-state index is 0.314. The number of fused-ring (bicyclic) bond motifs is 1. The summed E-state index contributed by atoms with van der Waals surface area (Å²) in [7, 11) is 0. The van der Waals surface area contributed by atoms with E-state index in [0.717, 1.165) is 11.0 Å². The number of benzene rings is 1. The van der Waals surface area contributed by atoms with Crippen LogP contribution in [-0.4, -0.2) is 19.0 Å². The van der Waals surface area contributed by atoms with Gasteiger partial charge in [-0.15, -0.1) is 0 Å². The van der Waals surface area contributed by atoms with E-state index in [-0.39, 0.29) is 0 Å². The molecule has 1 aromatic heterocycles. The van der Waals surface area contributed by atoms with Gasteiger partial charge >= 0.3 is 6.09 Å². The lowest BCUT2D eigenvalue weighted by Crippen LogP contribution is -2.36. The van der Waals surface area contributed by atoms with Crippen LogP contribution in [0.3, 0.4) is 0 Å². The molecule has 1 aromatic carbocycles. The van der Waals surface area contributed by atoms with Gasteiger partial charge in [0.2, 0.25) is 5.88 Å². The number of furan rings is 1.